The van der Waals surface area contributed by atoms with Gasteiger partial charge in [-0.2, -0.15) is 12.6 Å². The van der Waals surface area contributed by atoms with Gasteiger partial charge in [0.15, 0.2) is 0 Å². The highest BCUT2D eigenvalue weighted by molar-refractivity contribution is 7.80. The monoisotopic (exact) mass is 285 g/mol. The van der Waals surface area contributed by atoms with Crippen molar-refractivity contribution < 1.29 is 4.79 Å². The number of unbranched alkanes of at least 4 members (excludes halogenated alkanes) is 3. The Labute approximate surface area is 125 Å². The first-order valence-corrected chi connectivity index (χ1v) is 7.90. The second-order valence-corrected chi connectivity index (χ2v) is 5.72. The number of rotatable bonds is 6. The summed E-state index contributed by atoms with van der Waals surface area (Å²) in [6.45, 7) is 0.819. The fourth-order valence-corrected chi connectivity index (χ4v) is 3.16. The van der Waals surface area contributed by atoms with Crippen LogP contribution in [0.5, 0.6) is 0 Å². The number of hydrogen-bond donors (Lipinski definition) is 1. The van der Waals surface area contributed by atoms with Gasteiger partial charge in [-0.3, -0.25) is 4.79 Å². The predicted molar refractivity (Wildman–Crippen MR) is 87.9 cm³/mol. The molecule has 2 aromatic rings. The van der Waals surface area contributed by atoms with E-state index in [-0.39, 0.29) is 5.91 Å². The van der Waals surface area contributed by atoms with Crippen LogP contribution in [0.25, 0.3) is 10.8 Å². The molecule has 0 N–H and O–H groups in total. The third kappa shape index (κ3) is 2.31. The van der Waals surface area contributed by atoms with Crippen LogP contribution < -0.4 is 4.90 Å². The van der Waals surface area contributed by atoms with Gasteiger partial charge in [-0.15, -0.1) is 0 Å². The molecule has 104 valence electrons. The van der Waals surface area contributed by atoms with Crippen molar-refractivity contribution in [2.45, 2.75) is 25.7 Å². The van der Waals surface area contributed by atoms with Crippen LogP contribution in [0.3, 0.4) is 0 Å². The highest BCUT2D eigenvalue weighted by Gasteiger charge is 2.28. The predicted octanol–water partition coefficient (Wildman–Crippen LogP) is 4.29. The summed E-state index contributed by atoms with van der Waals surface area (Å²) in [7, 11) is 0. The van der Waals surface area contributed by atoms with E-state index in [4.69, 9.17) is 0 Å². The lowest BCUT2D eigenvalue weighted by molar-refractivity contribution is 0.0992. The van der Waals surface area contributed by atoms with E-state index in [1.54, 1.807) is 0 Å². The van der Waals surface area contributed by atoms with Crippen molar-refractivity contribution in [3.8, 4) is 0 Å². The van der Waals surface area contributed by atoms with Crippen LogP contribution in [0.2, 0.25) is 0 Å². The summed E-state index contributed by atoms with van der Waals surface area (Å²) in [6, 6.07) is 12.2. The molecule has 0 aliphatic carbocycles. The summed E-state index contributed by atoms with van der Waals surface area (Å²) in [5.41, 5.74) is 1.94. The van der Waals surface area contributed by atoms with E-state index in [1.165, 1.54) is 6.42 Å². The Morgan fingerprint density at radius 1 is 0.950 bits per heavy atom. The zero-order chi connectivity index (χ0) is 13.9. The van der Waals surface area contributed by atoms with Crippen molar-refractivity contribution in [3.05, 3.63) is 42.0 Å². The summed E-state index contributed by atoms with van der Waals surface area (Å²) >= 11 is 4.23. The zero-order valence-corrected chi connectivity index (χ0v) is 12.4. The third-order valence-electron chi connectivity index (χ3n) is 3.94. The summed E-state index contributed by atoms with van der Waals surface area (Å²) in [5.74, 6) is 1.11. The van der Waals surface area contributed by atoms with Gasteiger partial charge in [0, 0.05) is 17.5 Å². The summed E-state index contributed by atoms with van der Waals surface area (Å²) in [4.78, 5) is 14.5. The van der Waals surface area contributed by atoms with E-state index in [2.05, 4.69) is 30.8 Å². The first-order chi connectivity index (χ1) is 9.83. The van der Waals surface area contributed by atoms with Gasteiger partial charge in [0.2, 0.25) is 0 Å². The largest absolute Gasteiger partial charge is 0.308 e. The average Bonchev–Trinajstić information content (AvgIpc) is 2.75. The first kappa shape index (κ1) is 13.5. The van der Waals surface area contributed by atoms with Crippen molar-refractivity contribution in [1.29, 1.82) is 0 Å². The number of carbonyl (C=O) groups is 1. The minimum atomic E-state index is 0.158. The molecule has 1 heterocycles. The smallest absolute Gasteiger partial charge is 0.258 e. The number of thiol groups is 1. The van der Waals surface area contributed by atoms with Gasteiger partial charge in [0.1, 0.15) is 0 Å². The summed E-state index contributed by atoms with van der Waals surface area (Å²) < 4.78 is 0. The fraction of sp³-hybridized carbons (Fsp3) is 0.353. The molecule has 0 spiro atoms. The van der Waals surface area contributed by atoms with Crippen LogP contribution in [0.4, 0.5) is 5.69 Å². The molecule has 0 atom stereocenters. The molecule has 3 heteroatoms. The van der Waals surface area contributed by atoms with Gasteiger partial charge < -0.3 is 4.90 Å². The Kier molecular flexibility index (Phi) is 3.97. The van der Waals surface area contributed by atoms with Crippen LogP contribution in [0.15, 0.2) is 36.4 Å². The zero-order valence-electron chi connectivity index (χ0n) is 11.5. The van der Waals surface area contributed by atoms with Crippen LogP contribution >= 0.6 is 12.6 Å². The molecule has 1 aliphatic rings. The van der Waals surface area contributed by atoms with Crippen molar-refractivity contribution >= 4 is 35.0 Å². The molecule has 2 nitrogen and oxygen atoms in total. The lowest BCUT2D eigenvalue weighted by Gasteiger charge is -2.17. The van der Waals surface area contributed by atoms with E-state index < -0.39 is 0 Å². The second kappa shape index (κ2) is 5.88. The molecule has 1 amide bonds. The molecule has 0 saturated carbocycles. The Morgan fingerprint density at radius 2 is 1.70 bits per heavy atom. The Balaban J connectivity index is 1.79. The average molecular weight is 285 g/mol. The lowest BCUT2D eigenvalue weighted by Crippen LogP contribution is -2.27. The molecule has 2 aromatic carbocycles. The van der Waals surface area contributed by atoms with Crippen LogP contribution in [-0.4, -0.2) is 18.2 Å². The van der Waals surface area contributed by atoms with Crippen molar-refractivity contribution in [3.63, 3.8) is 0 Å². The lowest BCUT2D eigenvalue weighted by atomic mass is 10.1. The Hall–Kier alpha value is -1.48. The first-order valence-electron chi connectivity index (χ1n) is 7.27. The topological polar surface area (TPSA) is 20.3 Å². The molecule has 1 aliphatic heterocycles. The molecule has 3 rings (SSSR count). The van der Waals surface area contributed by atoms with Gasteiger partial charge in [0.05, 0.1) is 5.69 Å². The Bertz CT molecular complexity index is 633. The molecular formula is C17H19NOS. The molecule has 0 bridgehead atoms. The van der Waals surface area contributed by atoms with Crippen molar-refractivity contribution in [2.24, 2.45) is 0 Å². The van der Waals surface area contributed by atoms with Crippen LogP contribution in [0.1, 0.15) is 36.0 Å². The molecule has 20 heavy (non-hydrogen) atoms. The SMILES string of the molecule is O=C1c2cccc3cccc(c23)N1CCCCCCS. The van der Waals surface area contributed by atoms with Gasteiger partial charge in [0.25, 0.3) is 5.91 Å². The normalized spacial score (nSPS) is 13.4. The standard InChI is InChI=1S/C17H19NOS/c19-17-14-9-5-7-13-8-6-10-15(16(13)14)18(17)11-3-1-2-4-12-20/h5-10,20H,1-4,11-12H2. The van der Waals surface area contributed by atoms with Crippen molar-refractivity contribution in [1.82, 2.24) is 0 Å². The molecule has 0 fully saturated rings. The second-order valence-electron chi connectivity index (χ2n) is 5.28. The quantitative estimate of drug-likeness (QED) is 0.620. The van der Waals surface area contributed by atoms with E-state index in [1.807, 2.05) is 23.1 Å². The molecule has 0 aromatic heterocycles. The van der Waals surface area contributed by atoms with E-state index in [0.29, 0.717) is 0 Å². The molecular weight excluding hydrogens is 266 g/mol. The number of amides is 1. The van der Waals surface area contributed by atoms with E-state index in [9.17, 15) is 4.79 Å². The minimum absolute atomic E-state index is 0.158. The number of hydrogen-bond acceptors (Lipinski definition) is 2. The summed E-state index contributed by atoms with van der Waals surface area (Å²) in [6.07, 6.45) is 4.58. The molecule has 0 saturated heterocycles. The van der Waals surface area contributed by atoms with Crippen LogP contribution in [0, 0.1) is 0 Å². The van der Waals surface area contributed by atoms with Gasteiger partial charge in [-0.05, 0) is 36.1 Å². The molecule has 0 radical (unpaired) electrons. The molecule has 0 unspecified atom stereocenters. The minimum Gasteiger partial charge on any atom is -0.308 e. The highest BCUT2D eigenvalue weighted by atomic mass is 32.1. The number of carbonyl (C=O) groups excluding carboxylic acids is 1. The van der Waals surface area contributed by atoms with Gasteiger partial charge in [-0.25, -0.2) is 0 Å². The van der Waals surface area contributed by atoms with Crippen molar-refractivity contribution in [2.75, 3.05) is 17.2 Å². The summed E-state index contributed by atoms with van der Waals surface area (Å²) in [5, 5.41) is 2.28. The maximum atomic E-state index is 12.5. The van der Waals surface area contributed by atoms with Crippen LogP contribution in [-0.2, 0) is 0 Å². The maximum Gasteiger partial charge on any atom is 0.258 e. The third-order valence-corrected chi connectivity index (χ3v) is 4.26. The highest BCUT2D eigenvalue weighted by Crippen LogP contribution is 2.37. The number of nitrogens with zero attached hydrogens (tertiary/aromatic N) is 1. The number of benzene rings is 2. The van der Waals surface area contributed by atoms with E-state index in [0.717, 1.165) is 53.6 Å². The maximum absolute atomic E-state index is 12.5. The fourth-order valence-electron chi connectivity index (χ4n) is 2.94. The van der Waals surface area contributed by atoms with E-state index >= 15 is 0 Å². The Morgan fingerprint density at radius 3 is 2.50 bits per heavy atom. The van der Waals surface area contributed by atoms with Gasteiger partial charge in [-0.1, -0.05) is 37.1 Å². The van der Waals surface area contributed by atoms with Gasteiger partial charge >= 0.3 is 0 Å². The number of anilines is 1.